The van der Waals surface area contributed by atoms with E-state index in [-0.39, 0.29) is 11.7 Å². The zero-order valence-electron chi connectivity index (χ0n) is 11.9. The van der Waals surface area contributed by atoms with E-state index in [1.54, 1.807) is 39.0 Å². The summed E-state index contributed by atoms with van der Waals surface area (Å²) in [6.07, 6.45) is 0. The van der Waals surface area contributed by atoms with Crippen molar-refractivity contribution in [3.8, 4) is 0 Å². The second-order valence-electron chi connectivity index (χ2n) is 5.57. The van der Waals surface area contributed by atoms with Gasteiger partial charge in [0, 0.05) is 9.92 Å². The van der Waals surface area contributed by atoms with E-state index in [4.69, 9.17) is 28.3 Å². The fourth-order valence-corrected chi connectivity index (χ4v) is 2.89. The summed E-state index contributed by atoms with van der Waals surface area (Å²) in [5.74, 6) is -1.35. The van der Waals surface area contributed by atoms with Crippen LogP contribution >= 0.6 is 35.0 Å². The highest BCUT2D eigenvalue weighted by atomic mass is 35.5. The van der Waals surface area contributed by atoms with Gasteiger partial charge in [-0.25, -0.2) is 4.79 Å². The van der Waals surface area contributed by atoms with Gasteiger partial charge in [-0.2, -0.15) is 0 Å². The van der Waals surface area contributed by atoms with Gasteiger partial charge in [-0.15, -0.1) is 11.8 Å². The lowest BCUT2D eigenvalue weighted by Crippen LogP contribution is -2.49. The van der Waals surface area contributed by atoms with Crippen molar-refractivity contribution in [2.24, 2.45) is 5.41 Å². The number of aliphatic carboxylic acids is 1. The summed E-state index contributed by atoms with van der Waals surface area (Å²) in [6, 6.07) is 4.04. The van der Waals surface area contributed by atoms with Crippen LogP contribution in [0.25, 0.3) is 0 Å². The summed E-state index contributed by atoms with van der Waals surface area (Å²) in [4.78, 5) is 23.8. The normalized spacial score (nSPS) is 12.8. The Bertz CT molecular complexity index is 544. The van der Waals surface area contributed by atoms with Crippen molar-refractivity contribution in [1.82, 2.24) is 5.32 Å². The van der Waals surface area contributed by atoms with Gasteiger partial charge in [0.05, 0.1) is 10.8 Å². The molecule has 1 amide bonds. The minimum absolute atomic E-state index is 0.0694. The number of benzene rings is 1. The molecule has 4 nitrogen and oxygen atoms in total. The summed E-state index contributed by atoms with van der Waals surface area (Å²) in [6.45, 7) is 5.27. The lowest BCUT2D eigenvalue weighted by molar-refractivity contribution is -0.144. The van der Waals surface area contributed by atoms with Crippen molar-refractivity contribution in [2.75, 3.05) is 5.75 Å². The standard InChI is InChI=1S/C14H17Cl2NO3S/c1-14(2,3)12(13(19)20)17-11(18)7-21-10-6-8(15)4-5-9(10)16/h4-6,12H,7H2,1-3H3,(H,17,18)(H,19,20)/t12-/m1/s1. The Morgan fingerprint density at radius 1 is 1.33 bits per heavy atom. The number of rotatable bonds is 5. The van der Waals surface area contributed by atoms with Gasteiger partial charge in [0.15, 0.2) is 0 Å². The van der Waals surface area contributed by atoms with Crippen molar-refractivity contribution >= 4 is 46.8 Å². The molecule has 1 aromatic carbocycles. The zero-order chi connectivity index (χ0) is 16.2. The third kappa shape index (κ3) is 5.77. The monoisotopic (exact) mass is 349 g/mol. The molecule has 0 bridgehead atoms. The SMILES string of the molecule is CC(C)(C)[C@H](NC(=O)CSc1cc(Cl)ccc1Cl)C(=O)O. The van der Waals surface area contributed by atoms with Gasteiger partial charge in [-0.05, 0) is 23.6 Å². The summed E-state index contributed by atoms with van der Waals surface area (Å²) >= 11 is 13.1. The van der Waals surface area contributed by atoms with Crippen LogP contribution in [0.2, 0.25) is 10.0 Å². The van der Waals surface area contributed by atoms with E-state index in [0.29, 0.717) is 14.9 Å². The molecule has 0 saturated heterocycles. The molecule has 0 heterocycles. The van der Waals surface area contributed by atoms with Crippen molar-refractivity contribution in [1.29, 1.82) is 0 Å². The summed E-state index contributed by atoms with van der Waals surface area (Å²) in [5, 5.41) is 12.7. The topological polar surface area (TPSA) is 66.4 Å². The summed E-state index contributed by atoms with van der Waals surface area (Å²) < 4.78 is 0. The highest BCUT2D eigenvalue weighted by Gasteiger charge is 2.32. The maximum atomic E-state index is 11.9. The number of amides is 1. The predicted molar refractivity (Wildman–Crippen MR) is 86.2 cm³/mol. The Morgan fingerprint density at radius 3 is 2.48 bits per heavy atom. The fraction of sp³-hybridized carbons (Fsp3) is 0.429. The molecule has 116 valence electrons. The first kappa shape index (κ1) is 18.1. The van der Waals surface area contributed by atoms with Gasteiger partial charge in [0.1, 0.15) is 6.04 Å². The lowest BCUT2D eigenvalue weighted by atomic mass is 9.87. The molecule has 21 heavy (non-hydrogen) atoms. The molecule has 0 aliphatic rings. The number of hydrogen-bond acceptors (Lipinski definition) is 3. The van der Waals surface area contributed by atoms with Crippen LogP contribution in [0, 0.1) is 5.41 Å². The van der Waals surface area contributed by atoms with Crippen molar-refractivity contribution in [3.63, 3.8) is 0 Å². The van der Waals surface area contributed by atoms with E-state index in [0.717, 1.165) is 0 Å². The van der Waals surface area contributed by atoms with Crippen LogP contribution in [0.15, 0.2) is 23.1 Å². The molecular weight excluding hydrogens is 333 g/mol. The van der Waals surface area contributed by atoms with Crippen LogP contribution in [0.1, 0.15) is 20.8 Å². The largest absolute Gasteiger partial charge is 0.480 e. The van der Waals surface area contributed by atoms with Crippen molar-refractivity contribution in [3.05, 3.63) is 28.2 Å². The average Bonchev–Trinajstić information content (AvgIpc) is 2.35. The molecule has 0 aliphatic heterocycles. The molecule has 1 aromatic rings. The van der Waals surface area contributed by atoms with E-state index in [9.17, 15) is 9.59 Å². The van der Waals surface area contributed by atoms with E-state index in [1.807, 2.05) is 0 Å². The van der Waals surface area contributed by atoms with E-state index < -0.39 is 17.4 Å². The maximum absolute atomic E-state index is 11.9. The van der Waals surface area contributed by atoms with Crippen LogP contribution in [0.4, 0.5) is 0 Å². The van der Waals surface area contributed by atoms with Gasteiger partial charge in [0.2, 0.25) is 5.91 Å². The van der Waals surface area contributed by atoms with Crippen molar-refractivity contribution < 1.29 is 14.7 Å². The first-order valence-corrected chi connectivity index (χ1v) is 7.95. The number of nitrogens with one attached hydrogen (secondary N) is 1. The lowest BCUT2D eigenvalue weighted by Gasteiger charge is -2.27. The fourth-order valence-electron chi connectivity index (χ4n) is 1.58. The molecule has 0 fully saturated rings. The molecule has 0 aromatic heterocycles. The highest BCUT2D eigenvalue weighted by Crippen LogP contribution is 2.29. The van der Waals surface area contributed by atoms with E-state index in [2.05, 4.69) is 5.32 Å². The molecule has 0 saturated carbocycles. The second kappa shape index (κ2) is 7.38. The third-order valence-electron chi connectivity index (χ3n) is 2.67. The number of carboxylic acids is 1. The zero-order valence-corrected chi connectivity index (χ0v) is 14.3. The first-order chi connectivity index (χ1) is 9.61. The molecule has 0 unspecified atom stereocenters. The van der Waals surface area contributed by atoms with Crippen LogP contribution in [0.5, 0.6) is 0 Å². The average molecular weight is 350 g/mol. The van der Waals surface area contributed by atoms with Crippen LogP contribution in [-0.2, 0) is 9.59 Å². The minimum Gasteiger partial charge on any atom is -0.480 e. The number of hydrogen-bond donors (Lipinski definition) is 2. The Morgan fingerprint density at radius 2 is 1.95 bits per heavy atom. The Labute approximate surface area is 138 Å². The highest BCUT2D eigenvalue weighted by molar-refractivity contribution is 8.00. The van der Waals surface area contributed by atoms with Crippen molar-refractivity contribution in [2.45, 2.75) is 31.7 Å². The molecule has 0 spiro atoms. The van der Waals surface area contributed by atoms with Crippen LogP contribution < -0.4 is 5.32 Å². The van der Waals surface area contributed by atoms with Gasteiger partial charge < -0.3 is 10.4 Å². The summed E-state index contributed by atoms with van der Waals surface area (Å²) in [5.41, 5.74) is -0.570. The molecule has 2 N–H and O–H groups in total. The Hall–Kier alpha value is -0.910. The molecular formula is C14H17Cl2NO3S. The van der Waals surface area contributed by atoms with Gasteiger partial charge >= 0.3 is 5.97 Å². The molecule has 0 aliphatic carbocycles. The number of halogens is 2. The van der Waals surface area contributed by atoms with E-state index >= 15 is 0 Å². The number of thioether (sulfide) groups is 1. The molecule has 1 atom stereocenters. The predicted octanol–water partition coefficient (Wildman–Crippen LogP) is 3.70. The van der Waals surface area contributed by atoms with Crippen LogP contribution in [0.3, 0.4) is 0 Å². The minimum atomic E-state index is -1.05. The Kier molecular flexibility index (Phi) is 6.38. The molecule has 1 rings (SSSR count). The first-order valence-electron chi connectivity index (χ1n) is 6.21. The quantitative estimate of drug-likeness (QED) is 0.795. The smallest absolute Gasteiger partial charge is 0.326 e. The van der Waals surface area contributed by atoms with Gasteiger partial charge in [-0.1, -0.05) is 44.0 Å². The second-order valence-corrected chi connectivity index (χ2v) is 7.43. The number of carboxylic acid groups (broad SMARTS) is 1. The number of carbonyl (C=O) groups excluding carboxylic acids is 1. The van der Waals surface area contributed by atoms with Gasteiger partial charge in [-0.3, -0.25) is 4.79 Å². The third-order valence-corrected chi connectivity index (χ3v) is 4.40. The van der Waals surface area contributed by atoms with Gasteiger partial charge in [0.25, 0.3) is 0 Å². The molecule has 0 radical (unpaired) electrons. The Balaban J connectivity index is 2.65. The maximum Gasteiger partial charge on any atom is 0.326 e. The molecule has 7 heteroatoms. The van der Waals surface area contributed by atoms with E-state index in [1.165, 1.54) is 11.8 Å². The number of carbonyl (C=O) groups is 2. The van der Waals surface area contributed by atoms with Crippen LogP contribution in [-0.4, -0.2) is 28.8 Å². The summed E-state index contributed by atoms with van der Waals surface area (Å²) in [7, 11) is 0.